The van der Waals surface area contributed by atoms with Crippen LogP contribution < -0.4 is 10.6 Å². The maximum absolute atomic E-state index is 14.1. The molecule has 2 amide bonds. The maximum atomic E-state index is 14.1. The summed E-state index contributed by atoms with van der Waals surface area (Å²) in [6.45, 7) is 1.82. The first-order valence-corrected chi connectivity index (χ1v) is 13.0. The minimum atomic E-state index is -3.70. The Morgan fingerprint density at radius 1 is 1.00 bits per heavy atom. The number of amides is 2. The summed E-state index contributed by atoms with van der Waals surface area (Å²) in [7, 11) is -3.70. The van der Waals surface area contributed by atoms with E-state index in [1.54, 1.807) is 36.4 Å². The van der Waals surface area contributed by atoms with Crippen LogP contribution in [0.4, 0.5) is 4.39 Å². The van der Waals surface area contributed by atoms with Crippen LogP contribution in [0, 0.1) is 5.82 Å². The zero-order chi connectivity index (χ0) is 25.0. The Morgan fingerprint density at radius 3 is 2.37 bits per heavy atom. The lowest BCUT2D eigenvalue weighted by Crippen LogP contribution is -2.53. The molecular formula is C26H28FN3O4S. The van der Waals surface area contributed by atoms with Crippen molar-refractivity contribution < 1.29 is 22.4 Å². The average molecular weight is 498 g/mol. The van der Waals surface area contributed by atoms with Gasteiger partial charge in [-0.05, 0) is 35.9 Å². The summed E-state index contributed by atoms with van der Waals surface area (Å²) in [4.78, 5) is 24.8. The van der Waals surface area contributed by atoms with Gasteiger partial charge < -0.3 is 10.6 Å². The number of hydrogen-bond acceptors (Lipinski definition) is 4. The highest BCUT2D eigenvalue weighted by molar-refractivity contribution is 7.89. The summed E-state index contributed by atoms with van der Waals surface area (Å²) in [5.41, 5.74) is 0.331. The molecule has 0 bridgehead atoms. The molecule has 1 heterocycles. The third-order valence-corrected chi connectivity index (χ3v) is 8.20. The Morgan fingerprint density at radius 2 is 1.66 bits per heavy atom. The SMILES string of the molecule is CC(=O)NC(Cc1ccccc1F)C(=O)NC1CCN(S(=O)(=O)c2cccc3ccccc23)CC1. The second kappa shape index (κ2) is 10.5. The molecule has 1 saturated heterocycles. The van der Waals surface area contributed by atoms with Gasteiger partial charge in [0.25, 0.3) is 0 Å². The van der Waals surface area contributed by atoms with Gasteiger partial charge in [-0.25, -0.2) is 12.8 Å². The van der Waals surface area contributed by atoms with Gasteiger partial charge in [0.1, 0.15) is 11.9 Å². The molecule has 0 radical (unpaired) electrons. The van der Waals surface area contributed by atoms with Crippen LogP contribution in [0.2, 0.25) is 0 Å². The van der Waals surface area contributed by atoms with E-state index >= 15 is 0 Å². The van der Waals surface area contributed by atoms with E-state index in [0.29, 0.717) is 23.8 Å². The molecule has 1 atom stereocenters. The van der Waals surface area contributed by atoms with E-state index in [-0.39, 0.29) is 30.4 Å². The summed E-state index contributed by atoms with van der Waals surface area (Å²) < 4.78 is 42.2. The summed E-state index contributed by atoms with van der Waals surface area (Å²) in [6, 6.07) is 17.5. The van der Waals surface area contributed by atoms with Crippen molar-refractivity contribution in [1.29, 1.82) is 0 Å². The lowest BCUT2D eigenvalue weighted by Gasteiger charge is -2.32. The van der Waals surface area contributed by atoms with Crippen molar-refractivity contribution in [1.82, 2.24) is 14.9 Å². The smallest absolute Gasteiger partial charge is 0.243 e. The molecule has 1 aliphatic heterocycles. The summed E-state index contributed by atoms with van der Waals surface area (Å²) in [5.74, 6) is -1.25. The molecule has 35 heavy (non-hydrogen) atoms. The molecule has 0 aromatic heterocycles. The van der Waals surface area contributed by atoms with E-state index in [0.717, 1.165) is 5.39 Å². The molecule has 4 rings (SSSR count). The van der Waals surface area contributed by atoms with Crippen LogP contribution in [0.1, 0.15) is 25.3 Å². The Kier molecular flexibility index (Phi) is 7.47. The second-order valence-electron chi connectivity index (χ2n) is 8.71. The second-order valence-corrected chi connectivity index (χ2v) is 10.6. The Bertz CT molecular complexity index is 1330. The van der Waals surface area contributed by atoms with Gasteiger partial charge in [0.05, 0.1) is 4.90 Å². The predicted octanol–water partition coefficient (Wildman–Crippen LogP) is 3.00. The van der Waals surface area contributed by atoms with Gasteiger partial charge in [0, 0.05) is 37.9 Å². The topological polar surface area (TPSA) is 95.6 Å². The van der Waals surface area contributed by atoms with Crippen molar-refractivity contribution >= 4 is 32.6 Å². The fourth-order valence-corrected chi connectivity index (χ4v) is 6.12. The van der Waals surface area contributed by atoms with E-state index in [4.69, 9.17) is 0 Å². The van der Waals surface area contributed by atoms with Gasteiger partial charge in [-0.3, -0.25) is 9.59 Å². The third-order valence-electron chi connectivity index (χ3n) is 6.24. The van der Waals surface area contributed by atoms with Gasteiger partial charge in [-0.2, -0.15) is 4.31 Å². The zero-order valence-corrected chi connectivity index (χ0v) is 20.2. The van der Waals surface area contributed by atoms with Crippen LogP contribution >= 0.6 is 0 Å². The summed E-state index contributed by atoms with van der Waals surface area (Å²) in [5, 5.41) is 7.03. The molecule has 1 unspecified atom stereocenters. The average Bonchev–Trinajstić information content (AvgIpc) is 2.84. The predicted molar refractivity (Wildman–Crippen MR) is 132 cm³/mol. The van der Waals surface area contributed by atoms with Crippen molar-refractivity contribution in [3.63, 3.8) is 0 Å². The van der Waals surface area contributed by atoms with Crippen molar-refractivity contribution in [2.75, 3.05) is 13.1 Å². The molecule has 0 spiro atoms. The normalized spacial score (nSPS) is 16.1. The molecule has 3 aromatic carbocycles. The highest BCUT2D eigenvalue weighted by Gasteiger charge is 2.32. The number of carbonyl (C=O) groups is 2. The number of fused-ring (bicyclic) bond motifs is 1. The van der Waals surface area contributed by atoms with Gasteiger partial charge in [0.2, 0.25) is 21.8 Å². The van der Waals surface area contributed by atoms with Crippen LogP contribution in [0.3, 0.4) is 0 Å². The quantitative estimate of drug-likeness (QED) is 0.525. The largest absolute Gasteiger partial charge is 0.351 e. The molecule has 0 saturated carbocycles. The highest BCUT2D eigenvalue weighted by Crippen LogP contribution is 2.27. The van der Waals surface area contributed by atoms with Gasteiger partial charge in [0.15, 0.2) is 0 Å². The molecule has 7 nitrogen and oxygen atoms in total. The Labute approximate surface area is 204 Å². The summed E-state index contributed by atoms with van der Waals surface area (Å²) in [6.07, 6.45) is 0.886. The summed E-state index contributed by atoms with van der Waals surface area (Å²) >= 11 is 0. The van der Waals surface area contributed by atoms with Crippen molar-refractivity contribution in [3.8, 4) is 0 Å². The first kappa shape index (κ1) is 24.8. The maximum Gasteiger partial charge on any atom is 0.243 e. The lowest BCUT2D eigenvalue weighted by molar-refractivity contribution is -0.128. The number of nitrogens with one attached hydrogen (secondary N) is 2. The molecule has 3 aromatic rings. The van der Waals surface area contributed by atoms with E-state index in [1.165, 1.54) is 17.3 Å². The number of hydrogen-bond donors (Lipinski definition) is 2. The van der Waals surface area contributed by atoms with Crippen LogP contribution in [0.15, 0.2) is 71.6 Å². The minimum absolute atomic E-state index is 0.0202. The van der Waals surface area contributed by atoms with E-state index in [1.807, 2.05) is 24.3 Å². The fraction of sp³-hybridized carbons (Fsp3) is 0.308. The molecule has 9 heteroatoms. The van der Waals surface area contributed by atoms with Crippen LogP contribution in [0.25, 0.3) is 10.8 Å². The number of piperidine rings is 1. The van der Waals surface area contributed by atoms with E-state index < -0.39 is 33.7 Å². The number of nitrogens with zero attached hydrogens (tertiary/aromatic N) is 1. The highest BCUT2D eigenvalue weighted by atomic mass is 32.2. The molecule has 184 valence electrons. The van der Waals surface area contributed by atoms with Gasteiger partial charge >= 0.3 is 0 Å². The zero-order valence-electron chi connectivity index (χ0n) is 19.4. The van der Waals surface area contributed by atoms with Crippen molar-refractivity contribution in [3.05, 3.63) is 78.1 Å². The minimum Gasteiger partial charge on any atom is -0.351 e. The number of sulfonamides is 1. The molecule has 2 N–H and O–H groups in total. The number of halogens is 1. The Hall–Kier alpha value is -3.30. The molecule has 0 aliphatic carbocycles. The standard InChI is InChI=1S/C26H28FN3O4S/c1-18(31)28-24(17-20-8-3-5-11-23(20)27)26(32)29-21-13-15-30(16-14-21)35(33,34)25-12-6-9-19-7-2-4-10-22(19)25/h2-12,21,24H,13-17H2,1H3,(H,28,31)(H,29,32). The number of rotatable bonds is 7. The van der Waals surface area contributed by atoms with Crippen LogP contribution in [-0.2, 0) is 26.0 Å². The Balaban J connectivity index is 1.41. The van der Waals surface area contributed by atoms with Gasteiger partial charge in [-0.15, -0.1) is 0 Å². The van der Waals surface area contributed by atoms with Gasteiger partial charge in [-0.1, -0.05) is 54.6 Å². The lowest BCUT2D eigenvalue weighted by atomic mass is 10.0. The first-order chi connectivity index (χ1) is 16.8. The third kappa shape index (κ3) is 5.68. The number of carbonyl (C=O) groups excluding carboxylic acids is 2. The van der Waals surface area contributed by atoms with E-state index in [2.05, 4.69) is 10.6 Å². The molecular weight excluding hydrogens is 469 g/mol. The fourth-order valence-electron chi connectivity index (χ4n) is 4.44. The van der Waals surface area contributed by atoms with E-state index in [9.17, 15) is 22.4 Å². The van der Waals surface area contributed by atoms with Crippen LogP contribution in [0.5, 0.6) is 0 Å². The van der Waals surface area contributed by atoms with Crippen molar-refractivity contribution in [2.24, 2.45) is 0 Å². The molecule has 1 fully saturated rings. The first-order valence-electron chi connectivity index (χ1n) is 11.5. The molecule has 1 aliphatic rings. The number of benzene rings is 3. The monoisotopic (exact) mass is 497 g/mol. The van der Waals surface area contributed by atoms with Crippen molar-refractivity contribution in [2.45, 2.75) is 43.2 Å². The van der Waals surface area contributed by atoms with Crippen LogP contribution in [-0.4, -0.2) is 49.7 Å².